The highest BCUT2D eigenvalue weighted by Gasteiger charge is 2.19. The zero-order chi connectivity index (χ0) is 14.2. The minimum Gasteiger partial charge on any atom is -0.543 e. The molecule has 19 heavy (non-hydrogen) atoms. The fourth-order valence-corrected chi connectivity index (χ4v) is 2.38. The normalized spacial score (nSPS) is 11.5. The number of carbonyl (C=O) groups is 1. The molecular weight excluding hydrogens is 275 g/mol. The summed E-state index contributed by atoms with van der Waals surface area (Å²) in [6, 6.07) is 6.52. The maximum atomic E-state index is 13.6. The van der Waals surface area contributed by atoms with Crippen LogP contribution < -0.4 is 10.2 Å². The molecular formula is C11H8FN2O4S-. The van der Waals surface area contributed by atoms with E-state index in [-0.39, 0.29) is 11.1 Å². The maximum Gasteiger partial charge on any atom is 0.302 e. The molecule has 1 heterocycles. The summed E-state index contributed by atoms with van der Waals surface area (Å²) in [6.07, 6.45) is 0.933. The van der Waals surface area contributed by atoms with Crippen LogP contribution in [0.1, 0.15) is 10.5 Å². The van der Waals surface area contributed by atoms with Gasteiger partial charge in [-0.05, 0) is 12.1 Å². The Balaban J connectivity index is 2.77. The lowest BCUT2D eigenvalue weighted by molar-refractivity contribution is -0.255. The van der Waals surface area contributed by atoms with E-state index >= 15 is 0 Å². The highest BCUT2D eigenvalue weighted by atomic mass is 32.2. The molecule has 0 atom stereocenters. The third-order valence-corrected chi connectivity index (χ3v) is 3.34. The molecule has 0 spiro atoms. The predicted octanol–water partition coefficient (Wildman–Crippen LogP) is -0.291. The molecule has 2 rings (SSSR count). The number of carboxylic acids is 1. The number of rotatable bonds is 3. The van der Waals surface area contributed by atoms with Crippen molar-refractivity contribution >= 4 is 16.2 Å². The van der Waals surface area contributed by atoms with Crippen molar-refractivity contribution in [2.45, 2.75) is 0 Å². The molecule has 8 heteroatoms. The van der Waals surface area contributed by atoms with Gasteiger partial charge in [0.15, 0.2) is 0 Å². The number of hydrogen-bond donors (Lipinski definition) is 1. The molecule has 0 amide bonds. The van der Waals surface area contributed by atoms with Crippen LogP contribution >= 0.6 is 0 Å². The van der Waals surface area contributed by atoms with Crippen LogP contribution in [-0.4, -0.2) is 18.4 Å². The molecule has 0 saturated carbocycles. The van der Waals surface area contributed by atoms with Crippen molar-refractivity contribution in [1.82, 2.24) is 3.97 Å². The molecule has 0 unspecified atom stereocenters. The van der Waals surface area contributed by atoms with Crippen molar-refractivity contribution in [3.8, 4) is 11.1 Å². The van der Waals surface area contributed by atoms with Crippen molar-refractivity contribution in [3.63, 3.8) is 0 Å². The number of benzene rings is 1. The average molecular weight is 283 g/mol. The molecule has 2 N–H and O–H groups in total. The standard InChI is InChI=1S/C11H9FN2O4S/c12-9-4-2-1-3-7(9)8-5-6-14(19(13,17)18)10(8)11(15)16/h1-6H,(H,15,16)(H2,13,17,18)/p-1. The van der Waals surface area contributed by atoms with E-state index in [2.05, 4.69) is 0 Å². The number of carbonyl (C=O) groups excluding carboxylic acids is 1. The van der Waals surface area contributed by atoms with E-state index in [0.29, 0.717) is 3.97 Å². The Bertz CT molecular complexity index is 752. The largest absolute Gasteiger partial charge is 0.543 e. The third kappa shape index (κ3) is 2.35. The van der Waals surface area contributed by atoms with Gasteiger partial charge in [0.2, 0.25) is 0 Å². The van der Waals surface area contributed by atoms with Crippen molar-refractivity contribution in [3.05, 3.63) is 48.0 Å². The smallest absolute Gasteiger partial charge is 0.302 e. The van der Waals surface area contributed by atoms with E-state index in [4.69, 9.17) is 5.14 Å². The van der Waals surface area contributed by atoms with E-state index in [1.807, 2.05) is 0 Å². The molecule has 6 nitrogen and oxygen atoms in total. The van der Waals surface area contributed by atoms with Gasteiger partial charge in [0.05, 0.1) is 11.7 Å². The molecule has 100 valence electrons. The molecule has 0 aliphatic rings. The topological polar surface area (TPSA) is 105 Å². The highest BCUT2D eigenvalue weighted by Crippen LogP contribution is 2.27. The number of nitrogens with zero attached hydrogens (tertiary/aromatic N) is 1. The first-order valence-corrected chi connectivity index (χ1v) is 6.53. The number of hydrogen-bond acceptors (Lipinski definition) is 4. The summed E-state index contributed by atoms with van der Waals surface area (Å²) >= 11 is 0. The Hall–Kier alpha value is -2.19. The lowest BCUT2D eigenvalue weighted by Crippen LogP contribution is -2.31. The van der Waals surface area contributed by atoms with Crippen molar-refractivity contribution < 1.29 is 22.7 Å². The Morgan fingerprint density at radius 3 is 2.37 bits per heavy atom. The lowest BCUT2D eigenvalue weighted by atomic mass is 10.1. The second-order valence-electron chi connectivity index (χ2n) is 3.69. The van der Waals surface area contributed by atoms with E-state index in [1.165, 1.54) is 18.2 Å². The average Bonchev–Trinajstić information content (AvgIpc) is 2.73. The van der Waals surface area contributed by atoms with E-state index < -0.39 is 27.7 Å². The van der Waals surface area contributed by atoms with Crippen LogP contribution in [0.5, 0.6) is 0 Å². The fraction of sp³-hybridized carbons (Fsp3) is 0. The van der Waals surface area contributed by atoms with Crippen LogP contribution in [0.2, 0.25) is 0 Å². The summed E-state index contributed by atoms with van der Waals surface area (Å²) in [5.41, 5.74) is -0.885. The molecule has 0 aliphatic heterocycles. The summed E-state index contributed by atoms with van der Waals surface area (Å²) in [4.78, 5) is 11.1. The van der Waals surface area contributed by atoms with Crippen molar-refractivity contribution in [2.24, 2.45) is 5.14 Å². The van der Waals surface area contributed by atoms with Crippen LogP contribution in [-0.2, 0) is 10.2 Å². The zero-order valence-corrected chi connectivity index (χ0v) is 10.2. The van der Waals surface area contributed by atoms with Crippen LogP contribution in [0, 0.1) is 5.82 Å². The number of nitrogens with two attached hydrogens (primary N) is 1. The number of aromatic nitrogens is 1. The molecule has 0 bridgehead atoms. The van der Waals surface area contributed by atoms with Gasteiger partial charge in [-0.1, -0.05) is 18.2 Å². The first kappa shape index (κ1) is 13.2. The Morgan fingerprint density at radius 1 is 1.21 bits per heavy atom. The lowest BCUT2D eigenvalue weighted by Gasteiger charge is -2.10. The van der Waals surface area contributed by atoms with Gasteiger partial charge in [0, 0.05) is 17.3 Å². The first-order valence-electron chi connectivity index (χ1n) is 5.03. The van der Waals surface area contributed by atoms with Gasteiger partial charge in [-0.25, -0.2) is 13.5 Å². The van der Waals surface area contributed by atoms with Gasteiger partial charge in [0.25, 0.3) is 0 Å². The molecule has 1 aromatic heterocycles. The zero-order valence-electron chi connectivity index (χ0n) is 9.41. The van der Waals surface area contributed by atoms with Crippen LogP contribution in [0.25, 0.3) is 11.1 Å². The molecule has 0 aliphatic carbocycles. The van der Waals surface area contributed by atoms with Crippen molar-refractivity contribution in [2.75, 3.05) is 0 Å². The quantitative estimate of drug-likeness (QED) is 0.835. The van der Waals surface area contributed by atoms with Gasteiger partial charge in [0.1, 0.15) is 5.82 Å². The summed E-state index contributed by atoms with van der Waals surface area (Å²) in [6.45, 7) is 0. The first-order chi connectivity index (χ1) is 8.82. The van der Waals surface area contributed by atoms with E-state index in [9.17, 15) is 22.7 Å². The van der Waals surface area contributed by atoms with Gasteiger partial charge >= 0.3 is 10.2 Å². The molecule has 0 radical (unpaired) electrons. The molecule has 0 saturated heterocycles. The summed E-state index contributed by atoms with van der Waals surface area (Å²) < 4.78 is 36.4. The fourth-order valence-electron chi connectivity index (χ4n) is 1.72. The Labute approximate surface area is 108 Å². The third-order valence-electron chi connectivity index (χ3n) is 2.48. The minimum absolute atomic E-state index is 0.0518. The monoisotopic (exact) mass is 283 g/mol. The predicted molar refractivity (Wildman–Crippen MR) is 62.7 cm³/mol. The molecule has 0 fully saturated rings. The van der Waals surface area contributed by atoms with E-state index in [0.717, 1.165) is 18.3 Å². The van der Waals surface area contributed by atoms with Crippen LogP contribution in [0.3, 0.4) is 0 Å². The van der Waals surface area contributed by atoms with Crippen molar-refractivity contribution in [1.29, 1.82) is 0 Å². The number of halogens is 1. The summed E-state index contributed by atoms with van der Waals surface area (Å²) in [5, 5.41) is 15.9. The minimum atomic E-state index is -4.31. The van der Waals surface area contributed by atoms with Gasteiger partial charge < -0.3 is 9.90 Å². The van der Waals surface area contributed by atoms with Crippen LogP contribution in [0.4, 0.5) is 4.39 Å². The maximum absolute atomic E-state index is 13.6. The Morgan fingerprint density at radius 2 is 1.84 bits per heavy atom. The summed E-state index contributed by atoms with van der Waals surface area (Å²) in [7, 11) is -4.31. The number of aromatic carboxylic acids is 1. The van der Waals surface area contributed by atoms with Crippen LogP contribution in [0.15, 0.2) is 36.5 Å². The second-order valence-corrected chi connectivity index (χ2v) is 5.11. The highest BCUT2D eigenvalue weighted by molar-refractivity contribution is 7.87. The van der Waals surface area contributed by atoms with E-state index in [1.54, 1.807) is 0 Å². The van der Waals surface area contributed by atoms with Gasteiger partial charge in [-0.2, -0.15) is 8.42 Å². The summed E-state index contributed by atoms with van der Waals surface area (Å²) in [5.74, 6) is -2.45. The van der Waals surface area contributed by atoms with Gasteiger partial charge in [-0.3, -0.25) is 0 Å². The SMILES string of the molecule is NS(=O)(=O)n1ccc(-c2ccccc2F)c1C(=O)[O-]. The molecule has 2 aromatic rings. The molecule has 1 aromatic carbocycles. The van der Waals surface area contributed by atoms with Gasteiger partial charge in [-0.15, -0.1) is 0 Å². The number of carboxylic acid groups (broad SMARTS) is 1. The Kier molecular flexibility index (Phi) is 3.13. The second kappa shape index (κ2) is 4.48.